The molecule has 0 atom stereocenters. The molecule has 4 aromatic rings. The van der Waals surface area contributed by atoms with E-state index in [0.717, 1.165) is 28.5 Å². The van der Waals surface area contributed by atoms with Crippen LogP contribution in [0.3, 0.4) is 0 Å². The van der Waals surface area contributed by atoms with Crippen molar-refractivity contribution in [3.8, 4) is 11.5 Å². The Labute approximate surface area is 198 Å². The third-order valence-corrected chi connectivity index (χ3v) is 7.03. The fraction of sp³-hybridized carbons (Fsp3) is 0.192. The van der Waals surface area contributed by atoms with Crippen LogP contribution in [0.15, 0.2) is 71.8 Å². The van der Waals surface area contributed by atoms with Gasteiger partial charge in [0.25, 0.3) is 10.0 Å². The van der Waals surface area contributed by atoms with E-state index in [1.54, 1.807) is 44.7 Å². The molecule has 0 spiro atoms. The molecule has 34 heavy (non-hydrogen) atoms. The molecule has 4 rings (SSSR count). The van der Waals surface area contributed by atoms with Crippen molar-refractivity contribution in [2.24, 2.45) is 0 Å². The summed E-state index contributed by atoms with van der Waals surface area (Å²) in [6.45, 7) is 1.99. The van der Waals surface area contributed by atoms with Crippen molar-refractivity contribution in [1.29, 1.82) is 0 Å². The van der Waals surface area contributed by atoms with Gasteiger partial charge >= 0.3 is 0 Å². The lowest BCUT2D eigenvalue weighted by Crippen LogP contribution is -2.14. The molecule has 0 bridgehead atoms. The van der Waals surface area contributed by atoms with Crippen LogP contribution in [-0.4, -0.2) is 27.6 Å². The van der Waals surface area contributed by atoms with Gasteiger partial charge in [-0.2, -0.15) is 0 Å². The number of nitrogens with zero attached hydrogens (tertiary/aromatic N) is 1. The Balaban J connectivity index is 1.59. The van der Waals surface area contributed by atoms with Crippen LogP contribution in [0.4, 0.5) is 10.1 Å². The van der Waals surface area contributed by atoms with Crippen molar-refractivity contribution in [1.82, 2.24) is 4.98 Å². The van der Waals surface area contributed by atoms with Crippen LogP contribution in [0, 0.1) is 5.82 Å². The first-order chi connectivity index (χ1) is 16.3. The van der Waals surface area contributed by atoms with Crippen LogP contribution < -0.4 is 14.2 Å². The number of benzene rings is 3. The Hall–Kier alpha value is -3.65. The maximum Gasteiger partial charge on any atom is 0.261 e. The van der Waals surface area contributed by atoms with Gasteiger partial charge in [-0.25, -0.2) is 12.8 Å². The zero-order valence-electron chi connectivity index (χ0n) is 19.1. The minimum absolute atomic E-state index is 0.0841. The highest BCUT2D eigenvalue weighted by atomic mass is 32.2. The van der Waals surface area contributed by atoms with Crippen molar-refractivity contribution in [3.05, 3.63) is 89.4 Å². The van der Waals surface area contributed by atoms with Gasteiger partial charge in [-0.15, -0.1) is 0 Å². The fourth-order valence-corrected chi connectivity index (χ4v) is 4.83. The topological polar surface area (TPSA) is 77.5 Å². The van der Waals surface area contributed by atoms with Gasteiger partial charge in [0.15, 0.2) is 11.5 Å². The summed E-state index contributed by atoms with van der Waals surface area (Å²) in [5, 5.41) is 0.862. The minimum atomic E-state index is -3.90. The van der Waals surface area contributed by atoms with Crippen molar-refractivity contribution in [2.75, 3.05) is 18.9 Å². The Bertz CT molecular complexity index is 1440. The molecule has 0 fully saturated rings. The minimum Gasteiger partial charge on any atom is -0.493 e. The number of nitrogens with one attached hydrogen (secondary N) is 1. The van der Waals surface area contributed by atoms with E-state index >= 15 is 0 Å². The SMILES string of the molecule is CCc1ccc(S(=O)(=O)Nc2ccc(Cc3ccnc4cc(OC)c(OC)cc34)cc2F)cc1. The predicted octanol–water partition coefficient (Wildman–Crippen LogP) is 5.35. The van der Waals surface area contributed by atoms with E-state index in [0.29, 0.717) is 23.5 Å². The van der Waals surface area contributed by atoms with Crippen LogP contribution in [0.2, 0.25) is 0 Å². The highest BCUT2D eigenvalue weighted by Crippen LogP contribution is 2.33. The molecular weight excluding hydrogens is 455 g/mol. The van der Waals surface area contributed by atoms with Crippen molar-refractivity contribution < 1.29 is 22.3 Å². The molecule has 0 aliphatic rings. The van der Waals surface area contributed by atoms with Crippen LogP contribution in [0.25, 0.3) is 10.9 Å². The first kappa shape index (κ1) is 23.5. The lowest BCUT2D eigenvalue weighted by Gasteiger charge is -2.13. The van der Waals surface area contributed by atoms with Crippen molar-refractivity contribution in [2.45, 2.75) is 24.7 Å². The second kappa shape index (κ2) is 9.69. The number of anilines is 1. The number of aryl methyl sites for hydroxylation is 1. The van der Waals surface area contributed by atoms with Crippen LogP contribution in [0.5, 0.6) is 11.5 Å². The van der Waals surface area contributed by atoms with E-state index in [1.807, 2.05) is 19.1 Å². The molecule has 1 aromatic heterocycles. The number of ether oxygens (including phenoxy) is 2. The predicted molar refractivity (Wildman–Crippen MR) is 131 cm³/mol. The van der Waals surface area contributed by atoms with Crippen LogP contribution >= 0.6 is 0 Å². The van der Waals surface area contributed by atoms with Crippen LogP contribution in [-0.2, 0) is 22.9 Å². The van der Waals surface area contributed by atoms with Gasteiger partial charge in [0.05, 0.1) is 30.3 Å². The fourth-order valence-electron chi connectivity index (χ4n) is 3.76. The molecule has 0 unspecified atom stereocenters. The zero-order chi connectivity index (χ0) is 24.3. The van der Waals surface area contributed by atoms with E-state index in [1.165, 1.54) is 24.3 Å². The number of rotatable bonds is 8. The highest BCUT2D eigenvalue weighted by Gasteiger charge is 2.17. The van der Waals surface area contributed by atoms with Gasteiger partial charge in [0, 0.05) is 17.6 Å². The number of halogens is 1. The lowest BCUT2D eigenvalue weighted by atomic mass is 10.0. The number of hydrogen-bond donors (Lipinski definition) is 1. The summed E-state index contributed by atoms with van der Waals surface area (Å²) in [6.07, 6.45) is 2.92. The molecular formula is C26H25FN2O4S. The zero-order valence-corrected chi connectivity index (χ0v) is 19.9. The summed E-state index contributed by atoms with van der Waals surface area (Å²) >= 11 is 0. The summed E-state index contributed by atoms with van der Waals surface area (Å²) < 4.78 is 53.3. The average Bonchev–Trinajstić information content (AvgIpc) is 2.85. The monoisotopic (exact) mass is 480 g/mol. The molecule has 8 heteroatoms. The molecule has 0 aliphatic heterocycles. The summed E-state index contributed by atoms with van der Waals surface area (Å²) in [5.41, 5.74) is 3.27. The van der Waals surface area contributed by atoms with Gasteiger partial charge in [0.1, 0.15) is 5.82 Å². The molecule has 0 amide bonds. The average molecular weight is 481 g/mol. The normalized spacial score (nSPS) is 11.4. The first-order valence-electron chi connectivity index (χ1n) is 10.7. The standard InChI is InChI=1S/C26H25FN2O4S/c1-4-17-5-8-20(9-6-17)34(30,31)29-23-10-7-18(14-22(23)27)13-19-11-12-28-24-16-26(33-3)25(32-2)15-21(19)24/h5-12,14-16,29H,4,13H2,1-3H3. The van der Waals surface area contributed by atoms with Crippen molar-refractivity contribution in [3.63, 3.8) is 0 Å². The number of methoxy groups -OCH3 is 2. The second-order valence-electron chi connectivity index (χ2n) is 7.79. The van der Waals surface area contributed by atoms with Gasteiger partial charge in [-0.1, -0.05) is 25.1 Å². The number of aromatic nitrogens is 1. The molecule has 0 aliphatic carbocycles. The molecule has 0 radical (unpaired) electrons. The van der Waals surface area contributed by atoms with E-state index in [4.69, 9.17) is 9.47 Å². The summed E-state index contributed by atoms with van der Waals surface area (Å²) in [6, 6.07) is 16.5. The van der Waals surface area contributed by atoms with Gasteiger partial charge in [-0.3, -0.25) is 9.71 Å². The Morgan fingerprint density at radius 2 is 1.59 bits per heavy atom. The highest BCUT2D eigenvalue weighted by molar-refractivity contribution is 7.92. The maximum atomic E-state index is 14.9. The Morgan fingerprint density at radius 3 is 2.24 bits per heavy atom. The number of pyridine rings is 1. The summed E-state index contributed by atoms with van der Waals surface area (Å²) in [7, 11) is -0.775. The maximum absolute atomic E-state index is 14.9. The third kappa shape index (κ3) is 4.82. The number of sulfonamides is 1. The van der Waals surface area contributed by atoms with E-state index in [-0.39, 0.29) is 10.6 Å². The van der Waals surface area contributed by atoms with E-state index in [2.05, 4.69) is 9.71 Å². The molecule has 1 heterocycles. The van der Waals surface area contributed by atoms with Gasteiger partial charge in [-0.05, 0) is 65.9 Å². The number of fused-ring (bicyclic) bond motifs is 1. The van der Waals surface area contributed by atoms with Crippen LogP contribution in [0.1, 0.15) is 23.6 Å². The van der Waals surface area contributed by atoms with Crippen molar-refractivity contribution >= 4 is 26.6 Å². The quantitative estimate of drug-likeness (QED) is 0.368. The lowest BCUT2D eigenvalue weighted by molar-refractivity contribution is 0.356. The third-order valence-electron chi connectivity index (χ3n) is 5.65. The van der Waals surface area contributed by atoms with Gasteiger partial charge < -0.3 is 9.47 Å². The molecule has 3 aromatic carbocycles. The smallest absolute Gasteiger partial charge is 0.261 e. The van der Waals surface area contributed by atoms with E-state index < -0.39 is 15.8 Å². The molecule has 176 valence electrons. The Morgan fingerprint density at radius 1 is 0.912 bits per heavy atom. The van der Waals surface area contributed by atoms with Gasteiger partial charge in [0.2, 0.25) is 0 Å². The van der Waals surface area contributed by atoms with E-state index in [9.17, 15) is 12.8 Å². The first-order valence-corrected chi connectivity index (χ1v) is 12.2. The Kier molecular flexibility index (Phi) is 6.70. The molecule has 0 saturated carbocycles. The number of hydrogen-bond acceptors (Lipinski definition) is 5. The molecule has 0 saturated heterocycles. The summed E-state index contributed by atoms with van der Waals surface area (Å²) in [4.78, 5) is 4.48. The molecule has 6 nitrogen and oxygen atoms in total. The second-order valence-corrected chi connectivity index (χ2v) is 9.47. The molecule has 1 N–H and O–H groups in total. The summed E-state index contributed by atoms with van der Waals surface area (Å²) in [5.74, 6) is 0.502. The largest absolute Gasteiger partial charge is 0.493 e.